The van der Waals surface area contributed by atoms with Gasteiger partial charge < -0.3 is 14.5 Å². The van der Waals surface area contributed by atoms with Crippen molar-refractivity contribution in [3.8, 4) is 0 Å². The third-order valence-electron chi connectivity index (χ3n) is 3.93. The first kappa shape index (κ1) is 17.4. The third-order valence-corrected chi connectivity index (χ3v) is 5.06. The molecule has 2 aromatic carbocycles. The zero-order valence-electron chi connectivity index (χ0n) is 14.3. The summed E-state index contributed by atoms with van der Waals surface area (Å²) in [5, 5.41) is 0. The van der Waals surface area contributed by atoms with E-state index in [1.807, 2.05) is 24.3 Å². The van der Waals surface area contributed by atoms with Crippen molar-refractivity contribution in [2.75, 3.05) is 32.1 Å². The lowest BCUT2D eigenvalue weighted by Gasteiger charge is -2.32. The Morgan fingerprint density at radius 1 is 1.00 bits per heavy atom. The van der Waals surface area contributed by atoms with Crippen LogP contribution in [0.5, 0.6) is 0 Å². The smallest absolute Gasteiger partial charge is 0.308 e. The minimum atomic E-state index is -0.372. The number of anilines is 2. The molecule has 0 atom stereocenters. The van der Waals surface area contributed by atoms with Gasteiger partial charge in [-0.1, -0.05) is 36.0 Å². The molecule has 1 amide bonds. The van der Waals surface area contributed by atoms with E-state index in [-0.39, 0.29) is 24.9 Å². The highest BCUT2D eigenvalue weighted by Crippen LogP contribution is 2.47. The molecule has 0 radical (unpaired) electrons. The first-order valence-electron chi connectivity index (χ1n) is 8.05. The van der Waals surface area contributed by atoms with Gasteiger partial charge >= 0.3 is 5.97 Å². The van der Waals surface area contributed by atoms with E-state index in [2.05, 4.69) is 29.2 Å². The van der Waals surface area contributed by atoms with Crippen LogP contribution in [0.25, 0.3) is 0 Å². The number of amides is 1. The van der Waals surface area contributed by atoms with Crippen molar-refractivity contribution >= 4 is 35.0 Å². The normalized spacial score (nSPS) is 12.2. The topological polar surface area (TPSA) is 49.9 Å². The summed E-state index contributed by atoms with van der Waals surface area (Å²) in [5.74, 6) is -0.596. The molecule has 0 fully saturated rings. The molecule has 1 heterocycles. The van der Waals surface area contributed by atoms with Crippen molar-refractivity contribution in [1.29, 1.82) is 0 Å². The minimum absolute atomic E-state index is 0.213. The number of ether oxygens (including phenoxy) is 1. The molecular weight excluding hydrogens is 336 g/mol. The maximum Gasteiger partial charge on any atom is 0.308 e. The number of rotatable bonds is 5. The van der Waals surface area contributed by atoms with Gasteiger partial charge in [0.25, 0.3) is 5.91 Å². The molecule has 0 N–H and O–H groups in total. The fourth-order valence-corrected chi connectivity index (χ4v) is 3.66. The van der Waals surface area contributed by atoms with Crippen molar-refractivity contribution in [2.24, 2.45) is 0 Å². The van der Waals surface area contributed by atoms with E-state index in [9.17, 15) is 9.59 Å². The van der Waals surface area contributed by atoms with Crippen molar-refractivity contribution in [1.82, 2.24) is 4.90 Å². The standard InChI is InChI=1S/C19H20N2O3S/c1-20(2)18(22)13-24-19(23)11-12-21-14-7-3-5-9-16(14)25-17-10-6-4-8-15(17)21/h3-10H,11-13H2,1-2H3. The number of likely N-dealkylation sites (N-methyl/N-ethyl adjacent to an activating group) is 1. The lowest BCUT2D eigenvalue weighted by molar-refractivity contribution is -0.150. The van der Waals surface area contributed by atoms with Gasteiger partial charge in [-0.3, -0.25) is 9.59 Å². The molecule has 2 aromatic rings. The molecule has 0 aromatic heterocycles. The largest absolute Gasteiger partial charge is 0.456 e. The van der Waals surface area contributed by atoms with E-state index in [1.54, 1.807) is 25.9 Å². The molecule has 6 heteroatoms. The Labute approximate surface area is 151 Å². The highest BCUT2D eigenvalue weighted by molar-refractivity contribution is 7.99. The van der Waals surface area contributed by atoms with Crippen LogP contribution in [-0.4, -0.2) is 44.0 Å². The molecule has 1 aliphatic rings. The van der Waals surface area contributed by atoms with Crippen LogP contribution in [0.2, 0.25) is 0 Å². The van der Waals surface area contributed by atoms with Crippen LogP contribution in [0.4, 0.5) is 11.4 Å². The van der Waals surface area contributed by atoms with Crippen LogP contribution >= 0.6 is 11.8 Å². The fourth-order valence-electron chi connectivity index (χ4n) is 2.57. The Kier molecular flexibility index (Phi) is 5.28. The Morgan fingerprint density at radius 3 is 2.12 bits per heavy atom. The van der Waals surface area contributed by atoms with Gasteiger partial charge in [0, 0.05) is 30.4 Å². The number of nitrogens with zero attached hydrogens (tertiary/aromatic N) is 2. The Hall–Kier alpha value is -2.47. The van der Waals surface area contributed by atoms with Gasteiger partial charge in [-0.05, 0) is 24.3 Å². The quantitative estimate of drug-likeness (QED) is 0.769. The van der Waals surface area contributed by atoms with Crippen molar-refractivity contribution < 1.29 is 14.3 Å². The minimum Gasteiger partial charge on any atom is -0.456 e. The maximum absolute atomic E-state index is 12.0. The zero-order valence-corrected chi connectivity index (χ0v) is 15.1. The SMILES string of the molecule is CN(C)C(=O)COC(=O)CCN1c2ccccc2Sc2ccccc21. The van der Waals surface area contributed by atoms with Crippen molar-refractivity contribution in [3.05, 3.63) is 48.5 Å². The number of carbonyl (C=O) groups is 2. The van der Waals surface area contributed by atoms with Gasteiger partial charge in [0.05, 0.1) is 17.8 Å². The molecule has 0 saturated carbocycles. The van der Waals surface area contributed by atoms with Crippen LogP contribution in [0.3, 0.4) is 0 Å². The number of hydrogen-bond acceptors (Lipinski definition) is 5. The summed E-state index contributed by atoms with van der Waals surface area (Å²) in [7, 11) is 3.27. The molecule has 25 heavy (non-hydrogen) atoms. The average molecular weight is 356 g/mol. The molecule has 0 unspecified atom stereocenters. The van der Waals surface area contributed by atoms with Crippen molar-refractivity contribution in [2.45, 2.75) is 16.2 Å². The molecule has 0 saturated heterocycles. The number of benzene rings is 2. The van der Waals surface area contributed by atoms with E-state index in [0.717, 1.165) is 21.2 Å². The molecule has 130 valence electrons. The Morgan fingerprint density at radius 2 is 1.56 bits per heavy atom. The van der Waals surface area contributed by atoms with E-state index >= 15 is 0 Å². The summed E-state index contributed by atoms with van der Waals surface area (Å²) in [6, 6.07) is 16.3. The summed E-state index contributed by atoms with van der Waals surface area (Å²) in [5.41, 5.74) is 2.17. The summed E-state index contributed by atoms with van der Waals surface area (Å²) in [4.78, 5) is 29.4. The Balaban J connectivity index is 1.70. The number of esters is 1. The monoisotopic (exact) mass is 356 g/mol. The van der Waals surface area contributed by atoms with Gasteiger partial charge in [0.15, 0.2) is 6.61 Å². The summed E-state index contributed by atoms with van der Waals surface area (Å²) >= 11 is 1.73. The maximum atomic E-state index is 12.0. The van der Waals surface area contributed by atoms with Crippen LogP contribution in [0, 0.1) is 0 Å². The summed E-state index contributed by atoms with van der Waals surface area (Å²) < 4.78 is 5.07. The predicted molar refractivity (Wildman–Crippen MR) is 98.3 cm³/mol. The Bertz CT molecular complexity index is 746. The first-order chi connectivity index (χ1) is 12.1. The molecule has 1 aliphatic heterocycles. The van der Waals surface area contributed by atoms with Crippen LogP contribution in [-0.2, 0) is 14.3 Å². The van der Waals surface area contributed by atoms with Gasteiger partial charge in [0.2, 0.25) is 0 Å². The molecule has 0 spiro atoms. The van der Waals surface area contributed by atoms with Gasteiger partial charge in [0.1, 0.15) is 0 Å². The molecule has 5 nitrogen and oxygen atoms in total. The predicted octanol–water partition coefficient (Wildman–Crippen LogP) is 3.31. The lowest BCUT2D eigenvalue weighted by atomic mass is 10.2. The summed E-state index contributed by atoms with van der Waals surface area (Å²) in [6.45, 7) is 0.290. The third kappa shape index (κ3) is 3.96. The molecule has 0 bridgehead atoms. The van der Waals surface area contributed by atoms with Crippen LogP contribution in [0.1, 0.15) is 6.42 Å². The van der Waals surface area contributed by atoms with E-state index in [0.29, 0.717) is 6.54 Å². The number of carbonyl (C=O) groups excluding carboxylic acids is 2. The second-order valence-electron chi connectivity index (χ2n) is 5.89. The molecule has 0 aliphatic carbocycles. The number of fused-ring (bicyclic) bond motifs is 2. The van der Waals surface area contributed by atoms with E-state index in [4.69, 9.17) is 4.74 Å². The average Bonchev–Trinajstić information content (AvgIpc) is 2.62. The van der Waals surface area contributed by atoms with E-state index < -0.39 is 0 Å². The van der Waals surface area contributed by atoms with E-state index in [1.165, 1.54) is 4.90 Å². The number of hydrogen-bond donors (Lipinski definition) is 0. The first-order valence-corrected chi connectivity index (χ1v) is 8.87. The number of para-hydroxylation sites is 2. The second kappa shape index (κ2) is 7.61. The molecular formula is C19H20N2O3S. The zero-order chi connectivity index (χ0) is 17.8. The van der Waals surface area contributed by atoms with Crippen LogP contribution < -0.4 is 4.90 Å². The molecule has 3 rings (SSSR count). The summed E-state index contributed by atoms with van der Waals surface area (Å²) in [6.07, 6.45) is 0.216. The lowest BCUT2D eigenvalue weighted by Crippen LogP contribution is -2.29. The van der Waals surface area contributed by atoms with Gasteiger partial charge in [-0.2, -0.15) is 0 Å². The highest BCUT2D eigenvalue weighted by atomic mass is 32.2. The van der Waals surface area contributed by atoms with Gasteiger partial charge in [-0.15, -0.1) is 0 Å². The fraction of sp³-hybridized carbons (Fsp3) is 0.263. The van der Waals surface area contributed by atoms with Crippen LogP contribution in [0.15, 0.2) is 58.3 Å². The second-order valence-corrected chi connectivity index (χ2v) is 6.97. The van der Waals surface area contributed by atoms with Crippen molar-refractivity contribution in [3.63, 3.8) is 0 Å². The highest BCUT2D eigenvalue weighted by Gasteiger charge is 2.23. The van der Waals surface area contributed by atoms with Gasteiger partial charge in [-0.25, -0.2) is 0 Å².